The molecule has 1 aliphatic rings. The fourth-order valence-corrected chi connectivity index (χ4v) is 3.05. The Balaban J connectivity index is 2.07. The van der Waals surface area contributed by atoms with Crippen molar-refractivity contribution in [2.75, 3.05) is 31.2 Å². The Morgan fingerprint density at radius 1 is 1.50 bits per heavy atom. The topological polar surface area (TPSA) is 21.3 Å². The van der Waals surface area contributed by atoms with Gasteiger partial charge in [0.2, 0.25) is 0 Å². The predicted octanol–water partition coefficient (Wildman–Crippen LogP) is 2.14. The van der Waals surface area contributed by atoms with E-state index >= 15 is 0 Å². The largest absolute Gasteiger partial charge is 0.375 e. The molecule has 1 rings (SSSR count). The average molecular weight is 217 g/mol. The van der Waals surface area contributed by atoms with Crippen molar-refractivity contribution in [3.05, 3.63) is 0 Å². The Morgan fingerprint density at radius 2 is 2.29 bits per heavy atom. The quantitative estimate of drug-likeness (QED) is 0.736. The number of nitrogens with one attached hydrogen (secondary N) is 1. The maximum atomic E-state index is 5.63. The lowest BCUT2D eigenvalue weighted by atomic mass is 10.1. The van der Waals surface area contributed by atoms with Crippen LogP contribution in [0.4, 0.5) is 0 Å². The summed E-state index contributed by atoms with van der Waals surface area (Å²) in [4.78, 5) is 0. The number of thioether (sulfide) groups is 1. The van der Waals surface area contributed by atoms with Crippen molar-refractivity contribution in [3.63, 3.8) is 0 Å². The summed E-state index contributed by atoms with van der Waals surface area (Å²) in [6.45, 7) is 9.26. The van der Waals surface area contributed by atoms with Gasteiger partial charge in [-0.05, 0) is 51.2 Å². The van der Waals surface area contributed by atoms with E-state index in [0.717, 1.165) is 25.6 Å². The molecule has 0 aromatic heterocycles. The molecule has 0 aliphatic carbocycles. The predicted molar refractivity (Wildman–Crippen MR) is 64.0 cm³/mol. The summed E-state index contributed by atoms with van der Waals surface area (Å²) >= 11 is 2.08. The highest BCUT2D eigenvalue weighted by atomic mass is 32.2. The summed E-state index contributed by atoms with van der Waals surface area (Å²) in [5.41, 5.74) is -0.0134. The van der Waals surface area contributed by atoms with Gasteiger partial charge in [0, 0.05) is 13.2 Å². The summed E-state index contributed by atoms with van der Waals surface area (Å²) in [6, 6.07) is 0. The molecule has 0 aromatic rings. The van der Waals surface area contributed by atoms with Crippen molar-refractivity contribution < 1.29 is 4.74 Å². The first kappa shape index (κ1) is 12.3. The van der Waals surface area contributed by atoms with E-state index in [1.807, 2.05) is 0 Å². The van der Waals surface area contributed by atoms with E-state index in [1.165, 1.54) is 17.9 Å². The molecule has 84 valence electrons. The summed E-state index contributed by atoms with van der Waals surface area (Å²) in [6.07, 6.45) is 1.38. The van der Waals surface area contributed by atoms with Gasteiger partial charge in [0.15, 0.2) is 0 Å². The molecule has 1 aliphatic heterocycles. The minimum absolute atomic E-state index is 0.0134. The molecule has 1 fully saturated rings. The number of ether oxygens (including phenoxy) is 1. The molecule has 0 aromatic carbocycles. The van der Waals surface area contributed by atoms with Crippen molar-refractivity contribution in [3.8, 4) is 0 Å². The molecule has 0 saturated carbocycles. The first-order valence-corrected chi connectivity index (χ1v) is 6.72. The van der Waals surface area contributed by atoms with Crippen molar-refractivity contribution >= 4 is 11.8 Å². The van der Waals surface area contributed by atoms with Crippen LogP contribution in [0.5, 0.6) is 0 Å². The molecule has 1 atom stereocenters. The lowest BCUT2D eigenvalue weighted by Gasteiger charge is -2.25. The van der Waals surface area contributed by atoms with Crippen LogP contribution in [0.1, 0.15) is 27.2 Å². The second-order valence-electron chi connectivity index (χ2n) is 4.55. The van der Waals surface area contributed by atoms with Gasteiger partial charge in [-0.3, -0.25) is 0 Å². The normalized spacial score (nSPS) is 22.9. The summed E-state index contributed by atoms with van der Waals surface area (Å²) in [7, 11) is 0. The summed E-state index contributed by atoms with van der Waals surface area (Å²) in [5, 5.41) is 3.51. The van der Waals surface area contributed by atoms with Gasteiger partial charge >= 0.3 is 0 Å². The standard InChI is InChI=1S/C11H23NOS/c1-4-13-11(2,3)9-12-7-10-5-6-14-8-10/h10,12H,4-9H2,1-3H3. The van der Waals surface area contributed by atoms with Gasteiger partial charge in [-0.1, -0.05) is 0 Å². The molecule has 0 radical (unpaired) electrons. The van der Waals surface area contributed by atoms with Crippen LogP contribution in [0.15, 0.2) is 0 Å². The van der Waals surface area contributed by atoms with Gasteiger partial charge in [0.25, 0.3) is 0 Å². The molecule has 14 heavy (non-hydrogen) atoms. The fraction of sp³-hybridized carbons (Fsp3) is 1.00. The van der Waals surface area contributed by atoms with E-state index < -0.39 is 0 Å². The summed E-state index contributed by atoms with van der Waals surface area (Å²) < 4.78 is 5.63. The maximum Gasteiger partial charge on any atom is 0.0750 e. The zero-order chi connectivity index (χ0) is 10.4. The van der Waals surface area contributed by atoms with Gasteiger partial charge in [0.1, 0.15) is 0 Å². The van der Waals surface area contributed by atoms with Crippen LogP contribution in [0.2, 0.25) is 0 Å². The molecule has 0 bridgehead atoms. The Bertz CT molecular complexity index is 155. The Hall–Kier alpha value is 0.270. The lowest BCUT2D eigenvalue weighted by Crippen LogP contribution is -2.39. The number of hydrogen-bond acceptors (Lipinski definition) is 3. The van der Waals surface area contributed by atoms with Crippen molar-refractivity contribution in [1.82, 2.24) is 5.32 Å². The highest BCUT2D eigenvalue weighted by Crippen LogP contribution is 2.22. The molecule has 1 heterocycles. The molecule has 1 unspecified atom stereocenters. The van der Waals surface area contributed by atoms with Crippen LogP contribution in [0, 0.1) is 5.92 Å². The highest BCUT2D eigenvalue weighted by molar-refractivity contribution is 7.99. The number of hydrogen-bond donors (Lipinski definition) is 1. The minimum Gasteiger partial charge on any atom is -0.375 e. The molecular weight excluding hydrogens is 194 g/mol. The second kappa shape index (κ2) is 5.99. The van der Waals surface area contributed by atoms with E-state index in [1.54, 1.807) is 0 Å². The van der Waals surface area contributed by atoms with Crippen molar-refractivity contribution in [2.45, 2.75) is 32.8 Å². The smallest absolute Gasteiger partial charge is 0.0750 e. The van der Waals surface area contributed by atoms with Crippen molar-refractivity contribution in [1.29, 1.82) is 0 Å². The van der Waals surface area contributed by atoms with Crippen LogP contribution in [0.3, 0.4) is 0 Å². The first-order chi connectivity index (χ1) is 6.64. The number of rotatable bonds is 6. The zero-order valence-corrected chi connectivity index (χ0v) is 10.5. The average Bonchev–Trinajstić information content (AvgIpc) is 2.56. The lowest BCUT2D eigenvalue weighted by molar-refractivity contribution is -0.00909. The SMILES string of the molecule is CCOC(C)(C)CNCC1CCSC1. The van der Waals surface area contributed by atoms with Gasteiger partial charge in [-0.25, -0.2) is 0 Å². The van der Waals surface area contributed by atoms with Crippen LogP contribution < -0.4 is 5.32 Å². The van der Waals surface area contributed by atoms with Crippen LogP contribution >= 0.6 is 11.8 Å². The van der Waals surface area contributed by atoms with Crippen molar-refractivity contribution in [2.24, 2.45) is 5.92 Å². The van der Waals surface area contributed by atoms with E-state index in [2.05, 4.69) is 37.8 Å². The Kier molecular flexibility index (Phi) is 5.28. The molecular formula is C11H23NOS. The molecule has 0 spiro atoms. The highest BCUT2D eigenvalue weighted by Gasteiger charge is 2.19. The Morgan fingerprint density at radius 3 is 2.86 bits per heavy atom. The van der Waals surface area contributed by atoms with E-state index in [9.17, 15) is 0 Å². The molecule has 1 N–H and O–H groups in total. The van der Waals surface area contributed by atoms with E-state index in [0.29, 0.717) is 0 Å². The van der Waals surface area contributed by atoms with Crippen LogP contribution in [0.25, 0.3) is 0 Å². The van der Waals surface area contributed by atoms with Crippen LogP contribution in [-0.2, 0) is 4.74 Å². The molecule has 1 saturated heterocycles. The minimum atomic E-state index is -0.0134. The van der Waals surface area contributed by atoms with E-state index in [-0.39, 0.29) is 5.60 Å². The monoisotopic (exact) mass is 217 g/mol. The fourth-order valence-electron chi connectivity index (χ4n) is 1.76. The van der Waals surface area contributed by atoms with Gasteiger partial charge in [-0.15, -0.1) is 0 Å². The maximum absolute atomic E-state index is 5.63. The molecule has 2 nitrogen and oxygen atoms in total. The third-order valence-electron chi connectivity index (χ3n) is 2.54. The van der Waals surface area contributed by atoms with Gasteiger partial charge in [-0.2, -0.15) is 11.8 Å². The first-order valence-electron chi connectivity index (χ1n) is 5.56. The van der Waals surface area contributed by atoms with Gasteiger partial charge in [0.05, 0.1) is 5.60 Å². The summed E-state index contributed by atoms with van der Waals surface area (Å²) in [5.74, 6) is 3.57. The zero-order valence-electron chi connectivity index (χ0n) is 9.64. The molecule has 0 amide bonds. The van der Waals surface area contributed by atoms with Gasteiger partial charge < -0.3 is 10.1 Å². The second-order valence-corrected chi connectivity index (χ2v) is 5.70. The van der Waals surface area contributed by atoms with E-state index in [4.69, 9.17) is 4.74 Å². The molecule has 3 heteroatoms. The third kappa shape index (κ3) is 4.67. The van der Waals surface area contributed by atoms with Crippen LogP contribution in [-0.4, -0.2) is 36.8 Å². The Labute approximate surface area is 92.2 Å². The third-order valence-corrected chi connectivity index (χ3v) is 3.77.